The van der Waals surface area contributed by atoms with Crippen molar-refractivity contribution in [3.63, 3.8) is 0 Å². The van der Waals surface area contributed by atoms with E-state index in [9.17, 15) is 19.7 Å². The largest absolute Gasteiger partial charge is 0.482 e. The maximum atomic E-state index is 11.8. The molecule has 2 aromatic carbocycles. The molecule has 0 saturated heterocycles. The second kappa shape index (κ2) is 9.16. The van der Waals surface area contributed by atoms with Crippen molar-refractivity contribution in [2.45, 2.75) is 0 Å². The second-order valence-electron chi connectivity index (χ2n) is 4.87. The fourth-order valence-electron chi connectivity index (χ4n) is 1.81. The first-order chi connectivity index (χ1) is 12.3. The highest BCUT2D eigenvalue weighted by atomic mass is 79.9. The number of amides is 1. The first-order valence-electron chi connectivity index (χ1n) is 7.13. The number of esters is 1. The van der Waals surface area contributed by atoms with Gasteiger partial charge in [-0.1, -0.05) is 27.5 Å². The maximum Gasteiger partial charge on any atom is 0.344 e. The van der Waals surface area contributed by atoms with E-state index in [1.165, 1.54) is 12.1 Å². The van der Waals surface area contributed by atoms with Gasteiger partial charge in [-0.15, -0.1) is 0 Å². The smallest absolute Gasteiger partial charge is 0.344 e. The van der Waals surface area contributed by atoms with Crippen LogP contribution in [0, 0.1) is 10.1 Å². The minimum absolute atomic E-state index is 0.0883. The Hall–Kier alpha value is -2.65. The van der Waals surface area contributed by atoms with Gasteiger partial charge in [0.1, 0.15) is 11.4 Å². The van der Waals surface area contributed by atoms with Crippen molar-refractivity contribution in [2.24, 2.45) is 0 Å². The molecule has 0 atom stereocenters. The third-order valence-electron chi connectivity index (χ3n) is 2.96. The number of hydrogen-bond acceptors (Lipinski definition) is 6. The minimum atomic E-state index is -0.760. The number of anilines is 1. The minimum Gasteiger partial charge on any atom is -0.482 e. The fraction of sp³-hybridized carbons (Fsp3) is 0.125. The van der Waals surface area contributed by atoms with Crippen LogP contribution in [-0.2, 0) is 14.3 Å². The molecule has 10 heteroatoms. The van der Waals surface area contributed by atoms with E-state index in [0.717, 1.165) is 10.5 Å². The molecular weight excluding hydrogens is 432 g/mol. The normalized spacial score (nSPS) is 10.1. The van der Waals surface area contributed by atoms with E-state index in [4.69, 9.17) is 21.1 Å². The fourth-order valence-corrected chi connectivity index (χ4v) is 2.25. The molecule has 2 aromatic rings. The quantitative estimate of drug-likeness (QED) is 0.398. The highest BCUT2D eigenvalue weighted by Gasteiger charge is 2.17. The summed E-state index contributed by atoms with van der Waals surface area (Å²) < 4.78 is 10.8. The molecular formula is C16H12BrClN2O6. The molecule has 0 unspecified atom stereocenters. The molecule has 26 heavy (non-hydrogen) atoms. The number of benzene rings is 2. The molecule has 0 aliphatic carbocycles. The molecule has 1 N–H and O–H groups in total. The molecule has 0 radical (unpaired) electrons. The van der Waals surface area contributed by atoms with Crippen LogP contribution < -0.4 is 10.1 Å². The van der Waals surface area contributed by atoms with Crippen molar-refractivity contribution >= 4 is 50.8 Å². The number of nitro benzene ring substituents is 1. The summed E-state index contributed by atoms with van der Waals surface area (Å²) >= 11 is 9.03. The second-order valence-corrected chi connectivity index (χ2v) is 6.22. The average Bonchev–Trinajstić information content (AvgIpc) is 2.59. The van der Waals surface area contributed by atoms with Crippen molar-refractivity contribution in [3.8, 4) is 5.75 Å². The number of carbonyl (C=O) groups excluding carboxylic acids is 2. The van der Waals surface area contributed by atoms with Crippen molar-refractivity contribution in [2.75, 3.05) is 18.5 Å². The Labute approximate surface area is 161 Å². The summed E-state index contributed by atoms with van der Waals surface area (Å²) in [6.45, 7) is -1.00. The molecule has 0 spiro atoms. The van der Waals surface area contributed by atoms with E-state index in [0.29, 0.717) is 5.75 Å². The van der Waals surface area contributed by atoms with E-state index in [2.05, 4.69) is 21.2 Å². The Morgan fingerprint density at radius 3 is 2.50 bits per heavy atom. The zero-order chi connectivity index (χ0) is 19.1. The van der Waals surface area contributed by atoms with E-state index >= 15 is 0 Å². The number of halogens is 2. The number of nitrogens with zero attached hydrogens (tertiary/aromatic N) is 1. The lowest BCUT2D eigenvalue weighted by atomic mass is 10.2. The highest BCUT2D eigenvalue weighted by molar-refractivity contribution is 9.10. The van der Waals surface area contributed by atoms with Gasteiger partial charge in [0.05, 0.1) is 4.92 Å². The number of nitro groups is 1. The summed E-state index contributed by atoms with van der Waals surface area (Å²) in [6.07, 6.45) is 0. The topological polar surface area (TPSA) is 108 Å². The van der Waals surface area contributed by atoms with Crippen LogP contribution in [0.4, 0.5) is 11.4 Å². The summed E-state index contributed by atoms with van der Waals surface area (Å²) in [7, 11) is 0. The molecule has 8 nitrogen and oxygen atoms in total. The van der Waals surface area contributed by atoms with Gasteiger partial charge < -0.3 is 14.8 Å². The van der Waals surface area contributed by atoms with E-state index in [-0.39, 0.29) is 23.0 Å². The van der Waals surface area contributed by atoms with Gasteiger partial charge in [-0.3, -0.25) is 14.9 Å². The van der Waals surface area contributed by atoms with Crippen LogP contribution in [-0.4, -0.2) is 30.0 Å². The van der Waals surface area contributed by atoms with Crippen LogP contribution >= 0.6 is 27.5 Å². The van der Waals surface area contributed by atoms with Crippen molar-refractivity contribution in [1.82, 2.24) is 0 Å². The Kier molecular flexibility index (Phi) is 6.93. The van der Waals surface area contributed by atoms with Crippen LogP contribution in [0.1, 0.15) is 0 Å². The third-order valence-corrected chi connectivity index (χ3v) is 3.73. The molecule has 0 aromatic heterocycles. The van der Waals surface area contributed by atoms with Gasteiger partial charge in [-0.2, -0.15) is 0 Å². The Bertz CT molecular complexity index is 828. The number of hydrogen-bond donors (Lipinski definition) is 1. The number of nitrogens with one attached hydrogen (secondary N) is 1. The molecule has 0 aliphatic heterocycles. The molecule has 2 rings (SSSR count). The van der Waals surface area contributed by atoms with Crippen LogP contribution in [0.5, 0.6) is 5.75 Å². The lowest BCUT2D eigenvalue weighted by Gasteiger charge is -2.08. The number of carbonyl (C=O) groups is 2. The summed E-state index contributed by atoms with van der Waals surface area (Å²) in [5, 5.41) is 13.4. The molecule has 136 valence electrons. The van der Waals surface area contributed by atoms with Crippen LogP contribution in [0.3, 0.4) is 0 Å². The van der Waals surface area contributed by atoms with Gasteiger partial charge in [0, 0.05) is 15.6 Å². The van der Waals surface area contributed by atoms with E-state index < -0.39 is 23.4 Å². The zero-order valence-electron chi connectivity index (χ0n) is 13.1. The molecule has 0 heterocycles. The van der Waals surface area contributed by atoms with Crippen molar-refractivity contribution in [1.29, 1.82) is 0 Å². The molecule has 1 amide bonds. The molecule has 0 fully saturated rings. The van der Waals surface area contributed by atoms with E-state index in [1.807, 2.05) is 0 Å². The zero-order valence-corrected chi connectivity index (χ0v) is 15.5. The Balaban J connectivity index is 1.83. The number of rotatable bonds is 7. The lowest BCUT2D eigenvalue weighted by Crippen LogP contribution is -2.24. The predicted molar refractivity (Wildman–Crippen MR) is 97.3 cm³/mol. The third kappa shape index (κ3) is 6.01. The van der Waals surface area contributed by atoms with Gasteiger partial charge in [0.25, 0.3) is 11.6 Å². The van der Waals surface area contributed by atoms with Crippen molar-refractivity contribution in [3.05, 3.63) is 62.1 Å². The van der Waals surface area contributed by atoms with Gasteiger partial charge >= 0.3 is 5.97 Å². The van der Waals surface area contributed by atoms with Crippen LogP contribution in [0.25, 0.3) is 0 Å². The van der Waals surface area contributed by atoms with Gasteiger partial charge in [-0.25, -0.2) is 4.79 Å². The number of ether oxygens (including phenoxy) is 2. The maximum absolute atomic E-state index is 11.8. The van der Waals surface area contributed by atoms with E-state index in [1.54, 1.807) is 24.3 Å². The summed E-state index contributed by atoms with van der Waals surface area (Å²) in [6, 6.07) is 10.5. The van der Waals surface area contributed by atoms with Gasteiger partial charge in [0.2, 0.25) is 0 Å². The molecule has 0 saturated carbocycles. The summed E-state index contributed by atoms with van der Waals surface area (Å²) in [4.78, 5) is 33.7. The standard InChI is InChI=1S/C16H12BrClN2O6/c17-10-1-4-12(5-2-10)25-9-16(22)26-8-15(21)19-13-7-11(18)3-6-14(13)20(23)24/h1-7H,8-9H2,(H,19,21). The van der Waals surface area contributed by atoms with Crippen LogP contribution in [0.15, 0.2) is 46.9 Å². The predicted octanol–water partition coefficient (Wildman–Crippen LogP) is 3.57. The van der Waals surface area contributed by atoms with Crippen molar-refractivity contribution < 1.29 is 24.0 Å². The molecule has 0 bridgehead atoms. The van der Waals surface area contributed by atoms with Gasteiger partial charge in [-0.05, 0) is 36.4 Å². The van der Waals surface area contributed by atoms with Gasteiger partial charge in [0.15, 0.2) is 13.2 Å². The molecule has 0 aliphatic rings. The first-order valence-corrected chi connectivity index (χ1v) is 8.30. The summed E-state index contributed by atoms with van der Waals surface area (Å²) in [5.74, 6) is -1.04. The Morgan fingerprint density at radius 1 is 1.15 bits per heavy atom. The SMILES string of the molecule is O=C(COC(=O)COc1ccc(Br)cc1)Nc1cc(Cl)ccc1[N+](=O)[O-]. The monoisotopic (exact) mass is 442 g/mol. The summed E-state index contributed by atoms with van der Waals surface area (Å²) in [5.41, 5.74) is -0.415. The average molecular weight is 444 g/mol. The highest BCUT2D eigenvalue weighted by Crippen LogP contribution is 2.27. The Morgan fingerprint density at radius 2 is 1.85 bits per heavy atom. The first kappa shape index (κ1) is 19.7. The lowest BCUT2D eigenvalue weighted by molar-refractivity contribution is -0.383. The van der Waals surface area contributed by atoms with Crippen LogP contribution in [0.2, 0.25) is 5.02 Å².